The van der Waals surface area contributed by atoms with Crippen molar-refractivity contribution in [2.45, 2.75) is 6.42 Å². The summed E-state index contributed by atoms with van der Waals surface area (Å²) in [7, 11) is 0. The van der Waals surface area contributed by atoms with Gasteiger partial charge in [-0.05, 0) is 12.5 Å². The fraction of sp³-hybridized carbons (Fsp3) is 0.500. The predicted octanol–water partition coefficient (Wildman–Crippen LogP) is 1.77. The van der Waals surface area contributed by atoms with Gasteiger partial charge in [0.05, 0.1) is 0 Å². The number of aliphatic hydroxyl groups excluding tert-OH is 1. The van der Waals surface area contributed by atoms with Crippen molar-refractivity contribution in [3.63, 3.8) is 0 Å². The number of hydrogen-bond donors (Lipinski definition) is 2. The Morgan fingerprint density at radius 3 is 2.29 bits per heavy atom. The molecule has 0 aliphatic heterocycles. The summed E-state index contributed by atoms with van der Waals surface area (Å²) in [4.78, 5) is 0. The Morgan fingerprint density at radius 2 is 2.14 bits per heavy atom. The lowest BCUT2D eigenvalue weighted by Gasteiger charge is -1.82. The number of halogens is 1. The van der Waals surface area contributed by atoms with E-state index in [0.717, 1.165) is 10.8 Å². The SMILES string of the molecule is OC(O)=CCCI. The first kappa shape index (κ1) is 7.07. The Labute approximate surface area is 56.0 Å². The standard InChI is InChI=1S/C4H7IO2/c5-3-1-2-4(6)7/h2,6-7H,1,3H2. The second-order valence-corrected chi connectivity index (χ2v) is 2.12. The lowest BCUT2D eigenvalue weighted by atomic mass is 10.5. The van der Waals surface area contributed by atoms with E-state index in [1.165, 1.54) is 6.08 Å². The van der Waals surface area contributed by atoms with E-state index < -0.39 is 5.95 Å². The summed E-state index contributed by atoms with van der Waals surface area (Å²) >= 11 is 2.15. The molecule has 0 aromatic rings. The molecular formula is C4H7IO2. The quantitative estimate of drug-likeness (QED) is 0.417. The van der Waals surface area contributed by atoms with Crippen LogP contribution >= 0.6 is 22.6 Å². The molecule has 0 fully saturated rings. The van der Waals surface area contributed by atoms with Crippen molar-refractivity contribution in [1.29, 1.82) is 0 Å². The van der Waals surface area contributed by atoms with Gasteiger partial charge < -0.3 is 10.2 Å². The van der Waals surface area contributed by atoms with Gasteiger partial charge in [-0.3, -0.25) is 0 Å². The van der Waals surface area contributed by atoms with Crippen molar-refractivity contribution >= 4 is 22.6 Å². The fourth-order valence-electron chi connectivity index (χ4n) is 0.184. The van der Waals surface area contributed by atoms with Crippen LogP contribution in [-0.2, 0) is 0 Å². The maximum atomic E-state index is 8.10. The Morgan fingerprint density at radius 1 is 1.57 bits per heavy atom. The topological polar surface area (TPSA) is 40.5 Å². The summed E-state index contributed by atoms with van der Waals surface area (Å²) in [5.74, 6) is -0.573. The van der Waals surface area contributed by atoms with Crippen LogP contribution in [0.25, 0.3) is 0 Å². The Kier molecular flexibility index (Phi) is 4.28. The molecule has 0 aromatic heterocycles. The van der Waals surface area contributed by atoms with Crippen LogP contribution in [-0.4, -0.2) is 14.6 Å². The molecule has 0 radical (unpaired) electrons. The number of hydrogen-bond acceptors (Lipinski definition) is 2. The third-order valence-corrected chi connectivity index (χ3v) is 1.06. The average molecular weight is 214 g/mol. The summed E-state index contributed by atoms with van der Waals surface area (Å²) in [6.07, 6.45) is 2.09. The molecule has 2 N–H and O–H groups in total. The van der Waals surface area contributed by atoms with Crippen molar-refractivity contribution in [3.05, 3.63) is 12.0 Å². The van der Waals surface area contributed by atoms with Crippen molar-refractivity contribution in [3.8, 4) is 0 Å². The summed E-state index contributed by atoms with van der Waals surface area (Å²) in [6, 6.07) is 0. The Hall–Kier alpha value is 0.0700. The highest BCUT2D eigenvalue weighted by Gasteiger charge is 1.79. The molecule has 42 valence electrons. The fourth-order valence-corrected chi connectivity index (χ4v) is 0.495. The van der Waals surface area contributed by atoms with Gasteiger partial charge in [0.25, 0.3) is 5.95 Å². The van der Waals surface area contributed by atoms with Crippen LogP contribution < -0.4 is 0 Å². The highest BCUT2D eigenvalue weighted by atomic mass is 127. The summed E-state index contributed by atoms with van der Waals surface area (Å²) in [5, 5.41) is 16.2. The highest BCUT2D eigenvalue weighted by molar-refractivity contribution is 14.1. The first-order chi connectivity index (χ1) is 3.27. The van der Waals surface area contributed by atoms with Crippen LogP contribution in [0, 0.1) is 0 Å². The van der Waals surface area contributed by atoms with Crippen molar-refractivity contribution < 1.29 is 10.2 Å². The normalized spacial score (nSPS) is 8.14. The number of allylic oxidation sites excluding steroid dienone is 1. The van der Waals surface area contributed by atoms with Gasteiger partial charge in [-0.1, -0.05) is 22.6 Å². The van der Waals surface area contributed by atoms with Gasteiger partial charge >= 0.3 is 0 Å². The molecule has 3 heteroatoms. The monoisotopic (exact) mass is 214 g/mol. The third kappa shape index (κ3) is 6.07. The zero-order valence-corrected chi connectivity index (χ0v) is 5.92. The molecule has 2 nitrogen and oxygen atoms in total. The van der Waals surface area contributed by atoms with Gasteiger partial charge in [0.1, 0.15) is 0 Å². The van der Waals surface area contributed by atoms with Gasteiger partial charge in [0.15, 0.2) is 0 Å². The molecule has 0 spiro atoms. The highest BCUT2D eigenvalue weighted by Crippen LogP contribution is 1.91. The molecule has 0 aliphatic carbocycles. The molecule has 0 amide bonds. The summed E-state index contributed by atoms with van der Waals surface area (Å²) < 4.78 is 0.919. The van der Waals surface area contributed by atoms with Gasteiger partial charge in [-0.25, -0.2) is 0 Å². The minimum absolute atomic E-state index is 0.573. The largest absolute Gasteiger partial charge is 0.481 e. The lowest BCUT2D eigenvalue weighted by Crippen LogP contribution is -1.75. The maximum Gasteiger partial charge on any atom is 0.269 e. The van der Waals surface area contributed by atoms with E-state index in [1.807, 2.05) is 0 Å². The van der Waals surface area contributed by atoms with E-state index in [1.54, 1.807) is 0 Å². The Bertz CT molecular complexity index is 66.1. The van der Waals surface area contributed by atoms with E-state index in [2.05, 4.69) is 22.6 Å². The zero-order valence-electron chi connectivity index (χ0n) is 3.76. The van der Waals surface area contributed by atoms with Crippen LogP contribution in [0.5, 0.6) is 0 Å². The minimum atomic E-state index is -0.573. The molecular weight excluding hydrogens is 207 g/mol. The van der Waals surface area contributed by atoms with Crippen LogP contribution in [0.15, 0.2) is 12.0 Å². The molecule has 0 aromatic carbocycles. The second kappa shape index (κ2) is 4.23. The van der Waals surface area contributed by atoms with Crippen LogP contribution in [0.4, 0.5) is 0 Å². The summed E-state index contributed by atoms with van der Waals surface area (Å²) in [5.41, 5.74) is 0. The Balaban J connectivity index is 3.08. The smallest absolute Gasteiger partial charge is 0.269 e. The molecule has 0 unspecified atom stereocenters. The van der Waals surface area contributed by atoms with Gasteiger partial charge in [-0.2, -0.15) is 0 Å². The molecule has 7 heavy (non-hydrogen) atoms. The van der Waals surface area contributed by atoms with E-state index >= 15 is 0 Å². The maximum absolute atomic E-state index is 8.10. The van der Waals surface area contributed by atoms with Crippen LogP contribution in [0.2, 0.25) is 0 Å². The zero-order chi connectivity index (χ0) is 5.70. The van der Waals surface area contributed by atoms with Gasteiger partial charge in [0, 0.05) is 4.43 Å². The molecule has 0 rings (SSSR count). The average Bonchev–Trinajstić information content (AvgIpc) is 1.61. The van der Waals surface area contributed by atoms with Crippen molar-refractivity contribution in [2.24, 2.45) is 0 Å². The predicted molar refractivity (Wildman–Crippen MR) is 36.8 cm³/mol. The first-order valence-electron chi connectivity index (χ1n) is 1.91. The van der Waals surface area contributed by atoms with Crippen LogP contribution in [0.1, 0.15) is 6.42 Å². The summed E-state index contributed by atoms with van der Waals surface area (Å²) in [6.45, 7) is 0. The molecule has 0 aliphatic rings. The van der Waals surface area contributed by atoms with Crippen LogP contribution in [0.3, 0.4) is 0 Å². The number of alkyl halides is 1. The van der Waals surface area contributed by atoms with Crippen molar-refractivity contribution in [2.75, 3.05) is 4.43 Å². The van der Waals surface area contributed by atoms with Crippen molar-refractivity contribution in [1.82, 2.24) is 0 Å². The molecule has 0 heterocycles. The third-order valence-electron chi connectivity index (χ3n) is 0.436. The number of aliphatic hydroxyl groups is 2. The second-order valence-electron chi connectivity index (χ2n) is 1.04. The van der Waals surface area contributed by atoms with E-state index in [9.17, 15) is 0 Å². The lowest BCUT2D eigenvalue weighted by molar-refractivity contribution is 0.189. The van der Waals surface area contributed by atoms with E-state index in [0.29, 0.717) is 0 Å². The van der Waals surface area contributed by atoms with E-state index in [-0.39, 0.29) is 0 Å². The first-order valence-corrected chi connectivity index (χ1v) is 3.44. The van der Waals surface area contributed by atoms with Gasteiger partial charge in [-0.15, -0.1) is 0 Å². The molecule has 0 atom stereocenters. The molecule has 0 bridgehead atoms. The molecule has 0 saturated heterocycles. The minimum Gasteiger partial charge on any atom is -0.481 e. The van der Waals surface area contributed by atoms with Gasteiger partial charge in [0.2, 0.25) is 0 Å². The molecule has 0 saturated carbocycles. The van der Waals surface area contributed by atoms with E-state index in [4.69, 9.17) is 10.2 Å². The number of rotatable bonds is 2.